The lowest BCUT2D eigenvalue weighted by atomic mass is 10.1. The third-order valence-electron chi connectivity index (χ3n) is 4.20. The van der Waals surface area contributed by atoms with E-state index in [4.69, 9.17) is 9.73 Å². The van der Waals surface area contributed by atoms with Crippen molar-refractivity contribution in [3.8, 4) is 0 Å². The van der Waals surface area contributed by atoms with E-state index in [1.54, 1.807) is 10.7 Å². The van der Waals surface area contributed by atoms with Crippen molar-refractivity contribution in [1.82, 2.24) is 20.0 Å². The molecule has 0 spiro atoms. The normalized spacial score (nSPS) is 18.2. The summed E-state index contributed by atoms with van der Waals surface area (Å²) in [5, 5.41) is 7.55. The number of morpholine rings is 1. The lowest BCUT2D eigenvalue weighted by Gasteiger charge is -2.34. The van der Waals surface area contributed by atoms with Gasteiger partial charge in [-0.15, -0.1) is 0 Å². The molecule has 1 N–H and O–H groups in total. The molecular formula is C18H23BrFN5O. The third-order valence-corrected chi connectivity index (χ3v) is 4.98. The average Bonchev–Trinajstić information content (AvgIpc) is 3.08. The van der Waals surface area contributed by atoms with Gasteiger partial charge in [-0.1, -0.05) is 15.9 Å². The van der Waals surface area contributed by atoms with Gasteiger partial charge >= 0.3 is 0 Å². The lowest BCUT2D eigenvalue weighted by Crippen LogP contribution is -2.48. The lowest BCUT2D eigenvalue weighted by molar-refractivity contribution is -0.00805. The summed E-state index contributed by atoms with van der Waals surface area (Å²) in [4.78, 5) is 6.88. The Morgan fingerprint density at radius 1 is 1.50 bits per heavy atom. The van der Waals surface area contributed by atoms with Gasteiger partial charge in [-0.3, -0.25) is 4.68 Å². The van der Waals surface area contributed by atoms with Crippen molar-refractivity contribution in [2.75, 3.05) is 26.2 Å². The molecule has 1 aromatic carbocycles. The van der Waals surface area contributed by atoms with Crippen LogP contribution in [0.5, 0.6) is 0 Å². The Hall–Kier alpha value is -1.93. The minimum atomic E-state index is -0.258. The zero-order valence-electron chi connectivity index (χ0n) is 15.0. The van der Waals surface area contributed by atoms with Crippen LogP contribution in [-0.4, -0.2) is 46.9 Å². The molecule has 1 fully saturated rings. The maximum atomic E-state index is 13.5. The van der Waals surface area contributed by atoms with Crippen molar-refractivity contribution in [1.29, 1.82) is 0 Å². The van der Waals surface area contributed by atoms with E-state index in [1.165, 1.54) is 12.1 Å². The molecule has 140 valence electrons. The van der Waals surface area contributed by atoms with Crippen molar-refractivity contribution in [2.45, 2.75) is 19.6 Å². The fourth-order valence-corrected chi connectivity index (χ4v) is 3.27. The maximum Gasteiger partial charge on any atom is 0.194 e. The summed E-state index contributed by atoms with van der Waals surface area (Å²) >= 11 is 3.46. The highest BCUT2D eigenvalue weighted by molar-refractivity contribution is 9.10. The van der Waals surface area contributed by atoms with Gasteiger partial charge < -0.3 is 15.0 Å². The van der Waals surface area contributed by atoms with Crippen LogP contribution in [0, 0.1) is 5.82 Å². The Morgan fingerprint density at radius 3 is 3.08 bits per heavy atom. The van der Waals surface area contributed by atoms with Gasteiger partial charge in [-0.2, -0.15) is 5.10 Å². The van der Waals surface area contributed by atoms with E-state index in [1.807, 2.05) is 26.4 Å². The number of halogens is 2. The van der Waals surface area contributed by atoms with Gasteiger partial charge in [0.25, 0.3) is 0 Å². The monoisotopic (exact) mass is 423 g/mol. The molecule has 0 radical (unpaired) electrons. The Kier molecular flexibility index (Phi) is 6.26. The fourth-order valence-electron chi connectivity index (χ4n) is 2.90. The minimum Gasteiger partial charge on any atom is -0.370 e. The van der Waals surface area contributed by atoms with Crippen LogP contribution in [0.1, 0.15) is 24.2 Å². The number of benzene rings is 1. The van der Waals surface area contributed by atoms with Crippen LogP contribution in [-0.2, 0) is 18.3 Å². The molecule has 0 bridgehead atoms. The van der Waals surface area contributed by atoms with Gasteiger partial charge in [-0.25, -0.2) is 9.38 Å². The second-order valence-electron chi connectivity index (χ2n) is 6.16. The number of ether oxygens (including phenoxy) is 1. The molecule has 1 aromatic heterocycles. The van der Waals surface area contributed by atoms with E-state index in [-0.39, 0.29) is 11.9 Å². The maximum absolute atomic E-state index is 13.5. The Labute approximate surface area is 161 Å². The molecule has 0 amide bonds. The van der Waals surface area contributed by atoms with E-state index in [2.05, 4.69) is 31.2 Å². The zero-order chi connectivity index (χ0) is 18.5. The van der Waals surface area contributed by atoms with Crippen molar-refractivity contribution in [2.24, 2.45) is 12.0 Å². The number of aliphatic imine (C=N–C) groups is 1. The first-order chi connectivity index (χ1) is 12.6. The van der Waals surface area contributed by atoms with Gasteiger partial charge in [0.05, 0.1) is 25.9 Å². The van der Waals surface area contributed by atoms with E-state index >= 15 is 0 Å². The number of aromatic nitrogens is 2. The molecule has 8 heteroatoms. The predicted molar refractivity (Wildman–Crippen MR) is 102 cm³/mol. The van der Waals surface area contributed by atoms with Crippen LogP contribution in [0.4, 0.5) is 4.39 Å². The number of nitrogens with one attached hydrogen (secondary N) is 1. The molecule has 3 rings (SSSR count). The van der Waals surface area contributed by atoms with E-state index in [9.17, 15) is 4.39 Å². The molecule has 1 unspecified atom stereocenters. The molecule has 0 aliphatic carbocycles. The molecule has 1 saturated heterocycles. The second-order valence-corrected chi connectivity index (χ2v) is 7.01. The number of hydrogen-bond donors (Lipinski definition) is 1. The van der Waals surface area contributed by atoms with Crippen molar-refractivity contribution >= 4 is 21.9 Å². The van der Waals surface area contributed by atoms with E-state index in [0.29, 0.717) is 19.7 Å². The molecule has 1 aliphatic rings. The molecule has 1 aliphatic heterocycles. The highest BCUT2D eigenvalue weighted by atomic mass is 79.9. The average molecular weight is 424 g/mol. The smallest absolute Gasteiger partial charge is 0.194 e. The summed E-state index contributed by atoms with van der Waals surface area (Å²) in [6.45, 7) is 5.27. The van der Waals surface area contributed by atoms with Gasteiger partial charge in [0, 0.05) is 36.4 Å². The van der Waals surface area contributed by atoms with E-state index in [0.717, 1.165) is 34.6 Å². The summed E-state index contributed by atoms with van der Waals surface area (Å²) in [7, 11) is 1.90. The van der Waals surface area contributed by atoms with E-state index < -0.39 is 0 Å². The molecule has 0 saturated carbocycles. The van der Waals surface area contributed by atoms with Crippen LogP contribution in [0.15, 0.2) is 40.1 Å². The summed E-state index contributed by atoms with van der Waals surface area (Å²) in [6, 6.07) is 4.65. The second kappa shape index (κ2) is 8.64. The minimum absolute atomic E-state index is 0.0396. The summed E-state index contributed by atoms with van der Waals surface area (Å²) in [5.74, 6) is 0.548. The van der Waals surface area contributed by atoms with Crippen LogP contribution in [0.3, 0.4) is 0 Å². The Morgan fingerprint density at radius 2 is 2.35 bits per heavy atom. The van der Waals surface area contributed by atoms with Crippen LogP contribution in [0.25, 0.3) is 0 Å². The first-order valence-corrected chi connectivity index (χ1v) is 9.43. The Bertz CT molecular complexity index is 779. The molecule has 26 heavy (non-hydrogen) atoms. The summed E-state index contributed by atoms with van der Waals surface area (Å²) in [5.41, 5.74) is 1.87. The van der Waals surface area contributed by atoms with Crippen molar-refractivity contribution < 1.29 is 9.13 Å². The predicted octanol–water partition coefficient (Wildman–Crippen LogP) is 2.86. The molecule has 2 aromatic rings. The Balaban J connectivity index is 1.74. The SMILES string of the molecule is CCNC(=NCc1cc(F)ccc1Br)N1CCOC(c2cnn(C)c2)C1. The fraction of sp³-hybridized carbons (Fsp3) is 0.444. The molecule has 6 nitrogen and oxygen atoms in total. The van der Waals surface area contributed by atoms with Crippen molar-refractivity contribution in [3.05, 3.63) is 52.0 Å². The topological polar surface area (TPSA) is 54.7 Å². The number of aryl methyl sites for hydroxylation is 1. The highest BCUT2D eigenvalue weighted by Gasteiger charge is 2.25. The van der Waals surface area contributed by atoms with Gasteiger partial charge in [0.2, 0.25) is 0 Å². The number of guanidine groups is 1. The number of rotatable bonds is 4. The van der Waals surface area contributed by atoms with Crippen molar-refractivity contribution in [3.63, 3.8) is 0 Å². The standard InChI is InChI=1S/C18H23BrFN5O/c1-3-21-18(22-9-13-8-15(20)4-5-16(13)19)25-6-7-26-17(12-25)14-10-23-24(2)11-14/h4-5,8,10-11,17H,3,6-7,9,12H2,1-2H3,(H,21,22). The zero-order valence-corrected chi connectivity index (χ0v) is 16.5. The van der Waals surface area contributed by atoms with Crippen LogP contribution >= 0.6 is 15.9 Å². The number of hydrogen-bond acceptors (Lipinski definition) is 3. The first-order valence-electron chi connectivity index (χ1n) is 8.64. The summed E-state index contributed by atoms with van der Waals surface area (Å²) in [6.07, 6.45) is 3.77. The van der Waals surface area contributed by atoms with Gasteiger partial charge in [0.15, 0.2) is 5.96 Å². The van der Waals surface area contributed by atoms with Gasteiger partial charge in [0.1, 0.15) is 11.9 Å². The first kappa shape index (κ1) is 18.8. The molecule has 1 atom stereocenters. The van der Waals surface area contributed by atoms with Gasteiger partial charge in [-0.05, 0) is 30.7 Å². The quantitative estimate of drug-likeness (QED) is 0.606. The third kappa shape index (κ3) is 4.62. The largest absolute Gasteiger partial charge is 0.370 e. The number of nitrogens with zero attached hydrogens (tertiary/aromatic N) is 4. The highest BCUT2D eigenvalue weighted by Crippen LogP contribution is 2.22. The van der Waals surface area contributed by atoms with Crippen LogP contribution < -0.4 is 5.32 Å². The molecular weight excluding hydrogens is 401 g/mol. The van der Waals surface area contributed by atoms with Crippen LogP contribution in [0.2, 0.25) is 0 Å². The molecule has 2 heterocycles. The summed E-state index contributed by atoms with van der Waals surface area (Å²) < 4.78 is 22.0.